The third kappa shape index (κ3) is 3.41. The van der Waals surface area contributed by atoms with Crippen LogP contribution in [0.15, 0.2) is 58.1 Å². The lowest BCUT2D eigenvalue weighted by Crippen LogP contribution is -2.22. The van der Waals surface area contributed by atoms with Crippen molar-refractivity contribution in [2.45, 2.75) is 24.0 Å². The summed E-state index contributed by atoms with van der Waals surface area (Å²) < 4.78 is 67.0. The van der Waals surface area contributed by atoms with Gasteiger partial charge in [-0.15, -0.1) is 21.5 Å². The molecule has 0 saturated heterocycles. The van der Waals surface area contributed by atoms with Gasteiger partial charge in [0.25, 0.3) is 5.16 Å². The highest BCUT2D eigenvalue weighted by Crippen LogP contribution is 2.33. The van der Waals surface area contributed by atoms with Crippen LogP contribution < -0.4 is 5.56 Å². The van der Waals surface area contributed by atoms with Gasteiger partial charge >= 0.3 is 11.7 Å². The SMILES string of the molecule is Cc1c(-n2ccn3c(S(=O)(=O)Cc4cccs4)nnc3c2=O)cccc1C(F)(F)F. The quantitative estimate of drug-likeness (QED) is 0.473. The Labute approximate surface area is 172 Å². The Morgan fingerprint density at radius 2 is 1.87 bits per heavy atom. The van der Waals surface area contributed by atoms with Crippen molar-refractivity contribution in [2.75, 3.05) is 0 Å². The number of rotatable bonds is 4. The summed E-state index contributed by atoms with van der Waals surface area (Å²) >= 11 is 1.27. The van der Waals surface area contributed by atoms with Crippen LogP contribution in [0.2, 0.25) is 0 Å². The van der Waals surface area contributed by atoms with E-state index in [2.05, 4.69) is 10.2 Å². The first-order valence-corrected chi connectivity index (χ1v) is 11.0. The van der Waals surface area contributed by atoms with Gasteiger partial charge in [0.1, 0.15) is 0 Å². The molecule has 0 atom stereocenters. The highest BCUT2D eigenvalue weighted by molar-refractivity contribution is 7.90. The zero-order chi connectivity index (χ0) is 21.7. The van der Waals surface area contributed by atoms with E-state index in [1.165, 1.54) is 42.8 Å². The number of halogens is 3. The normalized spacial score (nSPS) is 12.5. The van der Waals surface area contributed by atoms with Gasteiger partial charge in [0.2, 0.25) is 15.5 Å². The minimum atomic E-state index is -4.58. The summed E-state index contributed by atoms with van der Waals surface area (Å²) in [6.07, 6.45) is -2.13. The lowest BCUT2D eigenvalue weighted by Gasteiger charge is -2.15. The molecule has 0 saturated carbocycles. The van der Waals surface area contributed by atoms with Gasteiger partial charge in [-0.3, -0.25) is 13.8 Å². The predicted octanol–water partition coefficient (Wildman–Crippen LogP) is 3.24. The summed E-state index contributed by atoms with van der Waals surface area (Å²) in [4.78, 5) is 13.5. The lowest BCUT2D eigenvalue weighted by atomic mass is 10.1. The fourth-order valence-corrected chi connectivity index (χ4v) is 5.54. The van der Waals surface area contributed by atoms with Crippen molar-refractivity contribution in [3.05, 3.63) is 74.5 Å². The number of alkyl halides is 3. The summed E-state index contributed by atoms with van der Waals surface area (Å²) in [7, 11) is -3.89. The van der Waals surface area contributed by atoms with E-state index >= 15 is 0 Å². The zero-order valence-corrected chi connectivity index (χ0v) is 16.9. The van der Waals surface area contributed by atoms with Gasteiger partial charge in [0.15, 0.2) is 0 Å². The summed E-state index contributed by atoms with van der Waals surface area (Å²) in [5, 5.41) is 8.67. The molecule has 12 heteroatoms. The van der Waals surface area contributed by atoms with Crippen molar-refractivity contribution >= 4 is 26.8 Å². The highest BCUT2D eigenvalue weighted by atomic mass is 32.2. The van der Waals surface area contributed by atoms with Crippen molar-refractivity contribution in [2.24, 2.45) is 0 Å². The largest absolute Gasteiger partial charge is 0.416 e. The van der Waals surface area contributed by atoms with Crippen LogP contribution in [0, 0.1) is 6.92 Å². The standard InChI is InChI=1S/C18H13F3N4O3S2/c1-11-13(18(19,20)21)5-2-6-14(11)24-7-8-25-15(16(24)26)22-23-17(25)30(27,28)10-12-4-3-9-29-12/h2-9H,10H2,1H3. The molecule has 0 aliphatic rings. The first-order valence-electron chi connectivity index (χ1n) is 8.48. The molecule has 30 heavy (non-hydrogen) atoms. The maximum Gasteiger partial charge on any atom is 0.416 e. The molecule has 4 aromatic rings. The molecule has 0 amide bonds. The Balaban J connectivity index is 1.84. The van der Waals surface area contributed by atoms with Crippen molar-refractivity contribution in [3.63, 3.8) is 0 Å². The van der Waals surface area contributed by atoms with Crippen LogP contribution in [-0.4, -0.2) is 27.6 Å². The van der Waals surface area contributed by atoms with Crippen LogP contribution >= 0.6 is 11.3 Å². The molecule has 0 N–H and O–H groups in total. The molecule has 4 rings (SSSR count). The van der Waals surface area contributed by atoms with Crippen LogP contribution in [-0.2, 0) is 21.8 Å². The summed E-state index contributed by atoms with van der Waals surface area (Å²) in [5.74, 6) is -0.304. The molecule has 156 valence electrons. The predicted molar refractivity (Wildman–Crippen MR) is 104 cm³/mol. The second kappa shape index (κ2) is 7.06. The van der Waals surface area contributed by atoms with Crippen molar-refractivity contribution < 1.29 is 21.6 Å². The Kier molecular flexibility index (Phi) is 4.77. The molecular formula is C18H13F3N4O3S2. The molecule has 0 bridgehead atoms. The molecule has 0 spiro atoms. The van der Waals surface area contributed by atoms with Gasteiger partial charge in [0.05, 0.1) is 17.0 Å². The minimum Gasteiger partial charge on any atom is -0.279 e. The van der Waals surface area contributed by atoms with Gasteiger partial charge < -0.3 is 0 Å². The van der Waals surface area contributed by atoms with Gasteiger partial charge in [-0.1, -0.05) is 12.1 Å². The maximum atomic E-state index is 13.2. The zero-order valence-electron chi connectivity index (χ0n) is 15.3. The first-order chi connectivity index (χ1) is 14.1. The van der Waals surface area contributed by atoms with E-state index in [0.717, 1.165) is 15.0 Å². The second-order valence-electron chi connectivity index (χ2n) is 6.44. The average molecular weight is 454 g/mol. The topological polar surface area (TPSA) is 86.3 Å². The third-order valence-electron chi connectivity index (χ3n) is 4.50. The molecule has 0 unspecified atom stereocenters. The Morgan fingerprint density at radius 1 is 1.10 bits per heavy atom. The van der Waals surface area contributed by atoms with Gasteiger partial charge in [-0.05, 0) is 36.1 Å². The van der Waals surface area contributed by atoms with Crippen molar-refractivity contribution in [3.8, 4) is 5.69 Å². The second-order valence-corrected chi connectivity index (χ2v) is 9.35. The van der Waals surface area contributed by atoms with Crippen LogP contribution in [0.5, 0.6) is 0 Å². The number of fused-ring (bicyclic) bond motifs is 1. The van der Waals surface area contributed by atoms with Crippen molar-refractivity contribution in [1.82, 2.24) is 19.2 Å². The van der Waals surface area contributed by atoms with Crippen LogP contribution in [0.4, 0.5) is 13.2 Å². The number of benzene rings is 1. The first kappa shape index (κ1) is 20.3. The summed E-state index contributed by atoms with van der Waals surface area (Å²) in [6, 6.07) is 6.87. The molecule has 0 aliphatic carbocycles. The van der Waals surface area contributed by atoms with E-state index < -0.39 is 32.3 Å². The number of aromatic nitrogens is 4. The minimum absolute atomic E-state index is 0.0170. The molecule has 0 aliphatic heterocycles. The van der Waals surface area contributed by atoms with Crippen LogP contribution in [0.1, 0.15) is 16.0 Å². The fraction of sp³-hybridized carbons (Fsp3) is 0.167. The number of hydrogen-bond donors (Lipinski definition) is 0. The molecule has 3 aromatic heterocycles. The van der Waals surface area contributed by atoms with Crippen LogP contribution in [0.25, 0.3) is 11.3 Å². The van der Waals surface area contributed by atoms with E-state index in [1.807, 2.05) is 0 Å². The molecular weight excluding hydrogens is 441 g/mol. The van der Waals surface area contributed by atoms with Gasteiger partial charge in [-0.2, -0.15) is 13.2 Å². The molecule has 1 aromatic carbocycles. The van der Waals surface area contributed by atoms with Crippen LogP contribution in [0.3, 0.4) is 0 Å². The van der Waals surface area contributed by atoms with E-state index in [4.69, 9.17) is 0 Å². The van der Waals surface area contributed by atoms with Gasteiger partial charge in [-0.25, -0.2) is 8.42 Å². The number of thiophene rings is 1. The van der Waals surface area contributed by atoms with E-state index in [9.17, 15) is 26.4 Å². The van der Waals surface area contributed by atoms with Crippen molar-refractivity contribution in [1.29, 1.82) is 0 Å². The van der Waals surface area contributed by atoms with E-state index in [1.54, 1.807) is 17.5 Å². The number of nitrogens with zero attached hydrogens (tertiary/aromatic N) is 4. The molecule has 7 nitrogen and oxygen atoms in total. The maximum absolute atomic E-state index is 13.2. The molecule has 3 heterocycles. The third-order valence-corrected chi connectivity index (χ3v) is 7.08. The fourth-order valence-electron chi connectivity index (χ4n) is 3.11. The van der Waals surface area contributed by atoms with E-state index in [-0.39, 0.29) is 22.7 Å². The summed E-state index contributed by atoms with van der Waals surface area (Å²) in [5.41, 5.74) is -2.08. The lowest BCUT2D eigenvalue weighted by molar-refractivity contribution is -0.138. The number of hydrogen-bond acceptors (Lipinski definition) is 6. The Bertz CT molecular complexity index is 1400. The monoisotopic (exact) mass is 454 g/mol. The highest BCUT2D eigenvalue weighted by Gasteiger charge is 2.33. The smallest absolute Gasteiger partial charge is 0.279 e. The Hall–Kier alpha value is -2.99. The molecule has 0 radical (unpaired) electrons. The average Bonchev–Trinajstić information content (AvgIpc) is 3.31. The van der Waals surface area contributed by atoms with Gasteiger partial charge in [0, 0.05) is 17.3 Å². The number of sulfone groups is 1. The summed E-state index contributed by atoms with van der Waals surface area (Å²) in [6.45, 7) is 1.26. The van der Waals surface area contributed by atoms with E-state index in [0.29, 0.717) is 4.88 Å². The Morgan fingerprint density at radius 3 is 2.53 bits per heavy atom. The molecule has 0 fully saturated rings.